The van der Waals surface area contributed by atoms with E-state index in [0.29, 0.717) is 55.5 Å². The highest BCUT2D eigenvalue weighted by atomic mass is 35.5. The van der Waals surface area contributed by atoms with Crippen molar-refractivity contribution in [1.29, 1.82) is 5.26 Å². The van der Waals surface area contributed by atoms with E-state index < -0.39 is 5.91 Å². The molecular formula is C28H20Cl2N6O3. The standard InChI is InChI=1S/C28H20Cl2N6O3/c1-15(13-31)28(37)35-19-7-5-4-6-18(19)34-23-11-20-16(14-33-23)10-17(27-32-8-9-36(20)27)24-25(29)21(38-2)12-22(39-3)26(24)30/h4-12,14H,1H2,2-3H3,(H,33,34)(H,35,37). The van der Waals surface area contributed by atoms with Crippen molar-refractivity contribution >= 4 is 62.9 Å². The van der Waals surface area contributed by atoms with Gasteiger partial charge in [0.15, 0.2) is 0 Å². The van der Waals surface area contributed by atoms with Crippen LogP contribution in [-0.2, 0) is 4.79 Å². The molecule has 0 radical (unpaired) electrons. The molecule has 5 rings (SSSR count). The summed E-state index contributed by atoms with van der Waals surface area (Å²) in [5.41, 5.74) is 3.49. The van der Waals surface area contributed by atoms with E-state index in [1.54, 1.807) is 42.7 Å². The van der Waals surface area contributed by atoms with Gasteiger partial charge in [-0.2, -0.15) is 5.26 Å². The first-order chi connectivity index (χ1) is 18.9. The van der Waals surface area contributed by atoms with Crippen molar-refractivity contribution in [3.05, 3.63) is 83.3 Å². The Labute approximate surface area is 233 Å². The molecule has 9 nitrogen and oxygen atoms in total. The third-order valence-corrected chi connectivity index (χ3v) is 6.79. The van der Waals surface area contributed by atoms with E-state index in [1.165, 1.54) is 14.2 Å². The van der Waals surface area contributed by atoms with Gasteiger partial charge in [0.25, 0.3) is 5.91 Å². The van der Waals surface area contributed by atoms with Gasteiger partial charge in [-0.05, 0) is 18.2 Å². The van der Waals surface area contributed by atoms with Gasteiger partial charge in [0.1, 0.15) is 34.6 Å². The molecule has 0 bridgehead atoms. The Kier molecular flexibility index (Phi) is 6.98. The molecule has 39 heavy (non-hydrogen) atoms. The second-order valence-corrected chi connectivity index (χ2v) is 9.06. The van der Waals surface area contributed by atoms with Crippen LogP contribution in [0.1, 0.15) is 0 Å². The van der Waals surface area contributed by atoms with Gasteiger partial charge < -0.3 is 20.1 Å². The van der Waals surface area contributed by atoms with Gasteiger partial charge in [0.2, 0.25) is 0 Å². The molecule has 0 saturated carbocycles. The zero-order chi connectivity index (χ0) is 27.7. The average Bonchev–Trinajstić information content (AvgIpc) is 3.45. The largest absolute Gasteiger partial charge is 0.495 e. The van der Waals surface area contributed by atoms with Crippen molar-refractivity contribution in [2.45, 2.75) is 0 Å². The normalized spacial score (nSPS) is 10.7. The van der Waals surface area contributed by atoms with Crippen LogP contribution in [0.5, 0.6) is 11.5 Å². The van der Waals surface area contributed by atoms with Crippen LogP contribution in [0.15, 0.2) is 73.2 Å². The number of hydrogen-bond donors (Lipinski definition) is 2. The van der Waals surface area contributed by atoms with Gasteiger partial charge in [-0.3, -0.25) is 9.20 Å². The summed E-state index contributed by atoms with van der Waals surface area (Å²) in [4.78, 5) is 21.3. The highest BCUT2D eigenvalue weighted by Crippen LogP contribution is 2.47. The molecule has 11 heteroatoms. The smallest absolute Gasteiger partial charge is 0.265 e. The number of fused-ring (bicyclic) bond motifs is 3. The van der Waals surface area contributed by atoms with Crippen LogP contribution in [0, 0.1) is 11.3 Å². The van der Waals surface area contributed by atoms with Gasteiger partial charge in [0, 0.05) is 47.2 Å². The number of para-hydroxylation sites is 2. The summed E-state index contributed by atoms with van der Waals surface area (Å²) in [5.74, 6) is 0.765. The van der Waals surface area contributed by atoms with Crippen molar-refractivity contribution in [3.63, 3.8) is 0 Å². The fraction of sp³-hybridized carbons (Fsp3) is 0.0714. The maximum absolute atomic E-state index is 12.2. The first-order valence-electron chi connectivity index (χ1n) is 11.5. The molecule has 0 unspecified atom stereocenters. The monoisotopic (exact) mass is 558 g/mol. The molecule has 2 aromatic carbocycles. The Morgan fingerprint density at radius 1 is 1.05 bits per heavy atom. The molecule has 1 amide bonds. The number of methoxy groups -OCH3 is 2. The predicted molar refractivity (Wildman–Crippen MR) is 152 cm³/mol. The number of halogens is 2. The second-order valence-electron chi connectivity index (χ2n) is 8.31. The van der Waals surface area contributed by atoms with Crippen molar-refractivity contribution in [1.82, 2.24) is 14.4 Å². The van der Waals surface area contributed by atoms with Gasteiger partial charge in [0.05, 0.1) is 41.2 Å². The van der Waals surface area contributed by atoms with Crippen LogP contribution >= 0.6 is 23.2 Å². The number of ether oxygens (including phenoxy) is 2. The third kappa shape index (κ3) is 4.68. The lowest BCUT2D eigenvalue weighted by atomic mass is 10.0. The maximum atomic E-state index is 12.2. The number of pyridine rings is 2. The minimum Gasteiger partial charge on any atom is -0.495 e. The number of imidazole rings is 1. The van der Waals surface area contributed by atoms with Gasteiger partial charge in [-0.15, -0.1) is 0 Å². The predicted octanol–water partition coefficient (Wildman–Crippen LogP) is 6.64. The molecule has 0 saturated heterocycles. The Morgan fingerprint density at radius 2 is 1.74 bits per heavy atom. The highest BCUT2D eigenvalue weighted by molar-refractivity contribution is 6.41. The summed E-state index contributed by atoms with van der Waals surface area (Å²) >= 11 is 13.4. The lowest BCUT2D eigenvalue weighted by Gasteiger charge is -2.17. The molecule has 194 valence electrons. The van der Waals surface area contributed by atoms with Crippen LogP contribution in [0.25, 0.3) is 27.7 Å². The molecule has 3 heterocycles. The van der Waals surface area contributed by atoms with Crippen LogP contribution in [0.4, 0.5) is 17.2 Å². The summed E-state index contributed by atoms with van der Waals surface area (Å²) in [6.45, 7) is 3.45. The lowest BCUT2D eigenvalue weighted by Crippen LogP contribution is -2.13. The number of nitrogens with zero attached hydrogens (tertiary/aromatic N) is 4. The number of carbonyl (C=O) groups excluding carboxylic acids is 1. The van der Waals surface area contributed by atoms with Crippen molar-refractivity contribution in [2.24, 2.45) is 0 Å². The summed E-state index contributed by atoms with van der Waals surface area (Å²) in [7, 11) is 3.04. The fourth-order valence-electron chi connectivity index (χ4n) is 4.15. The summed E-state index contributed by atoms with van der Waals surface area (Å²) in [6, 6.07) is 14.2. The van der Waals surface area contributed by atoms with E-state index in [9.17, 15) is 4.79 Å². The molecule has 2 N–H and O–H groups in total. The highest BCUT2D eigenvalue weighted by Gasteiger charge is 2.22. The number of hydrogen-bond acceptors (Lipinski definition) is 7. The number of nitrogens with one attached hydrogen (secondary N) is 2. The minimum atomic E-state index is -0.586. The Hall–Kier alpha value is -4.78. The van der Waals surface area contributed by atoms with Crippen molar-refractivity contribution in [3.8, 4) is 28.7 Å². The van der Waals surface area contributed by atoms with Crippen LogP contribution in [0.2, 0.25) is 10.0 Å². The number of amides is 1. The number of aromatic nitrogens is 3. The van der Waals surface area contributed by atoms with Gasteiger partial charge in [-0.1, -0.05) is 41.9 Å². The van der Waals surface area contributed by atoms with E-state index >= 15 is 0 Å². The van der Waals surface area contributed by atoms with E-state index in [4.69, 9.17) is 37.9 Å². The SMILES string of the molecule is C=C(C#N)C(=O)Nc1ccccc1Nc1cc2c(cn1)cc(-c1c(Cl)c(OC)cc(OC)c1Cl)c1nccn12. The summed E-state index contributed by atoms with van der Waals surface area (Å²) < 4.78 is 12.8. The molecule has 0 atom stereocenters. The molecule has 3 aromatic heterocycles. The Morgan fingerprint density at radius 3 is 2.41 bits per heavy atom. The van der Waals surface area contributed by atoms with Crippen LogP contribution in [-0.4, -0.2) is 34.5 Å². The van der Waals surface area contributed by atoms with E-state index in [1.807, 2.05) is 28.8 Å². The van der Waals surface area contributed by atoms with E-state index in [-0.39, 0.29) is 5.57 Å². The topological polar surface area (TPSA) is 114 Å². The lowest BCUT2D eigenvalue weighted by molar-refractivity contribution is -0.112. The van der Waals surface area contributed by atoms with Gasteiger partial charge in [-0.25, -0.2) is 9.97 Å². The van der Waals surface area contributed by atoms with Crippen LogP contribution < -0.4 is 20.1 Å². The van der Waals surface area contributed by atoms with Gasteiger partial charge >= 0.3 is 0 Å². The average molecular weight is 559 g/mol. The number of nitriles is 1. The molecule has 0 aliphatic carbocycles. The van der Waals surface area contributed by atoms with Crippen LogP contribution in [0.3, 0.4) is 0 Å². The maximum Gasteiger partial charge on any atom is 0.265 e. The van der Waals surface area contributed by atoms with E-state index in [0.717, 1.165) is 10.9 Å². The minimum absolute atomic E-state index is 0.194. The number of rotatable bonds is 7. The third-order valence-electron chi connectivity index (χ3n) is 6.04. The number of carbonyl (C=O) groups is 1. The van der Waals surface area contributed by atoms with Crippen molar-refractivity contribution in [2.75, 3.05) is 24.9 Å². The quantitative estimate of drug-likeness (QED) is 0.170. The molecule has 0 spiro atoms. The fourth-order valence-corrected chi connectivity index (χ4v) is 4.86. The zero-order valence-corrected chi connectivity index (χ0v) is 22.3. The second kappa shape index (κ2) is 10.5. The molecule has 0 fully saturated rings. The summed E-state index contributed by atoms with van der Waals surface area (Å²) in [6.07, 6.45) is 5.21. The zero-order valence-electron chi connectivity index (χ0n) is 20.8. The molecule has 0 aliphatic rings. The Balaban J connectivity index is 1.61. The molecule has 5 aromatic rings. The van der Waals surface area contributed by atoms with E-state index in [2.05, 4.69) is 27.2 Å². The Bertz CT molecular complexity index is 1800. The molecule has 0 aliphatic heterocycles. The summed E-state index contributed by atoms with van der Waals surface area (Å²) in [5, 5.41) is 16.3. The molecular weight excluding hydrogens is 539 g/mol. The number of anilines is 3. The first-order valence-corrected chi connectivity index (χ1v) is 12.2. The van der Waals surface area contributed by atoms with Crippen molar-refractivity contribution < 1.29 is 14.3 Å². The first kappa shape index (κ1) is 25.9. The number of benzene rings is 2.